The Morgan fingerprint density at radius 3 is 2.64 bits per heavy atom. The molecule has 5 heteroatoms. The molecule has 1 aromatic rings. The summed E-state index contributed by atoms with van der Waals surface area (Å²) in [6, 6.07) is 8.30. The lowest BCUT2D eigenvalue weighted by atomic mass is 10.1. The van der Waals surface area contributed by atoms with Gasteiger partial charge in [0, 0.05) is 12.6 Å². The quantitative estimate of drug-likeness (QED) is 0.766. The van der Waals surface area contributed by atoms with Crippen LogP contribution in [0.25, 0.3) is 0 Å². The molecule has 0 radical (unpaired) electrons. The zero-order valence-corrected chi connectivity index (χ0v) is 13.6. The molecule has 1 heterocycles. The molecule has 0 bridgehead atoms. The van der Waals surface area contributed by atoms with Gasteiger partial charge in [0.1, 0.15) is 18.5 Å². The smallest absolute Gasteiger partial charge is 0.163 e. The fraction of sp³-hybridized carbons (Fsp3) is 0.647. The minimum absolute atomic E-state index is 0.00701. The Kier molecular flexibility index (Phi) is 6.20. The van der Waals surface area contributed by atoms with Gasteiger partial charge in [-0.1, -0.05) is 12.1 Å². The molecule has 5 nitrogen and oxygen atoms in total. The van der Waals surface area contributed by atoms with Crippen molar-refractivity contribution in [1.82, 2.24) is 0 Å². The van der Waals surface area contributed by atoms with Gasteiger partial charge >= 0.3 is 0 Å². The Balaban J connectivity index is 1.70. The van der Waals surface area contributed by atoms with Gasteiger partial charge < -0.3 is 25.7 Å². The first-order chi connectivity index (χ1) is 10.5. The normalized spacial score (nSPS) is 21.7. The maximum Gasteiger partial charge on any atom is 0.163 e. The lowest BCUT2D eigenvalue weighted by Gasteiger charge is -2.17. The summed E-state index contributed by atoms with van der Waals surface area (Å²) in [5, 5.41) is 0. The molecule has 4 N–H and O–H groups in total. The van der Waals surface area contributed by atoms with Crippen LogP contribution in [0.2, 0.25) is 0 Å². The molecule has 1 saturated heterocycles. The van der Waals surface area contributed by atoms with Crippen molar-refractivity contribution in [3.63, 3.8) is 0 Å². The van der Waals surface area contributed by atoms with Crippen molar-refractivity contribution in [2.45, 2.75) is 51.0 Å². The van der Waals surface area contributed by atoms with Crippen LogP contribution in [-0.4, -0.2) is 37.7 Å². The predicted octanol–water partition coefficient (Wildman–Crippen LogP) is 1.83. The first-order valence-electron chi connectivity index (χ1n) is 7.97. The van der Waals surface area contributed by atoms with Gasteiger partial charge in [0.25, 0.3) is 0 Å². The Hall–Kier alpha value is -1.14. The van der Waals surface area contributed by atoms with E-state index in [0.29, 0.717) is 19.8 Å². The molecular formula is C17H28N2O3. The third-order valence-corrected chi connectivity index (χ3v) is 3.77. The number of benzene rings is 1. The zero-order chi connectivity index (χ0) is 16.0. The number of aryl methyl sites for hydroxylation is 1. The van der Waals surface area contributed by atoms with Crippen molar-refractivity contribution in [3.05, 3.63) is 29.8 Å². The van der Waals surface area contributed by atoms with Crippen molar-refractivity contribution < 1.29 is 14.2 Å². The highest BCUT2D eigenvalue weighted by Gasteiger charge is 2.32. The lowest BCUT2D eigenvalue weighted by molar-refractivity contribution is -0.141. The molecule has 0 aliphatic carbocycles. The lowest BCUT2D eigenvalue weighted by Crippen LogP contribution is -2.29. The van der Waals surface area contributed by atoms with E-state index in [1.165, 1.54) is 5.56 Å². The Bertz CT molecular complexity index is 448. The summed E-state index contributed by atoms with van der Waals surface area (Å²) in [6.07, 6.45) is 3.03. The highest BCUT2D eigenvalue weighted by atomic mass is 16.7. The van der Waals surface area contributed by atoms with Crippen molar-refractivity contribution in [1.29, 1.82) is 0 Å². The number of hydrogen-bond acceptors (Lipinski definition) is 5. The van der Waals surface area contributed by atoms with Gasteiger partial charge in [0.15, 0.2) is 5.79 Å². The number of hydrogen-bond donors (Lipinski definition) is 2. The highest BCUT2D eigenvalue weighted by molar-refractivity contribution is 5.27. The van der Waals surface area contributed by atoms with E-state index in [-0.39, 0.29) is 12.1 Å². The van der Waals surface area contributed by atoms with Crippen molar-refractivity contribution in [2.24, 2.45) is 11.5 Å². The summed E-state index contributed by atoms with van der Waals surface area (Å²) in [6.45, 7) is 5.47. The molecule has 1 aromatic carbocycles. The monoisotopic (exact) mass is 308 g/mol. The molecule has 0 aromatic heterocycles. The average molecular weight is 308 g/mol. The Labute approximate surface area is 132 Å². The molecule has 22 heavy (non-hydrogen) atoms. The van der Waals surface area contributed by atoms with Crippen LogP contribution in [0, 0.1) is 0 Å². The summed E-state index contributed by atoms with van der Waals surface area (Å²) >= 11 is 0. The molecule has 2 atom stereocenters. The standard InChI is InChI=1S/C17H28N2O3/c1-17(2)21-12-16(22-17)11-20-15-8-6-13(7-9-15)4-3-5-14(19)10-18/h6-9,14,16H,3-5,10-12,18-19H2,1-2H3/t14?,16-/m1/s1. The molecule has 2 rings (SSSR count). The fourth-order valence-electron chi connectivity index (χ4n) is 2.47. The van der Waals surface area contributed by atoms with E-state index in [9.17, 15) is 0 Å². The van der Waals surface area contributed by atoms with Crippen LogP contribution in [0.1, 0.15) is 32.3 Å². The van der Waals surface area contributed by atoms with Crippen molar-refractivity contribution >= 4 is 0 Å². The van der Waals surface area contributed by atoms with Crippen LogP contribution in [0.3, 0.4) is 0 Å². The van der Waals surface area contributed by atoms with E-state index in [4.69, 9.17) is 25.7 Å². The largest absolute Gasteiger partial charge is 0.491 e. The second-order valence-corrected chi connectivity index (χ2v) is 6.29. The first-order valence-corrected chi connectivity index (χ1v) is 7.97. The second kappa shape index (κ2) is 7.92. The van der Waals surface area contributed by atoms with Gasteiger partial charge in [-0.25, -0.2) is 0 Å². The van der Waals surface area contributed by atoms with Gasteiger partial charge in [-0.3, -0.25) is 0 Å². The third kappa shape index (κ3) is 5.57. The minimum atomic E-state index is -0.498. The summed E-state index contributed by atoms with van der Waals surface area (Å²) < 4.78 is 17.0. The summed E-state index contributed by atoms with van der Waals surface area (Å²) in [7, 11) is 0. The van der Waals surface area contributed by atoms with Crippen LogP contribution in [0.5, 0.6) is 5.75 Å². The molecule has 124 valence electrons. The summed E-state index contributed by atoms with van der Waals surface area (Å²) in [5.41, 5.74) is 12.6. The molecule has 1 fully saturated rings. The molecule has 1 unspecified atom stereocenters. The van der Waals surface area contributed by atoms with E-state index >= 15 is 0 Å². The van der Waals surface area contributed by atoms with Gasteiger partial charge in [-0.15, -0.1) is 0 Å². The van der Waals surface area contributed by atoms with Gasteiger partial charge in [-0.2, -0.15) is 0 Å². The molecule has 0 saturated carbocycles. The number of rotatable bonds is 8. The van der Waals surface area contributed by atoms with Crippen molar-refractivity contribution in [3.8, 4) is 5.75 Å². The summed E-state index contributed by atoms with van der Waals surface area (Å²) in [4.78, 5) is 0. The van der Waals surface area contributed by atoms with Gasteiger partial charge in [0.05, 0.1) is 6.61 Å². The van der Waals surface area contributed by atoms with Crippen molar-refractivity contribution in [2.75, 3.05) is 19.8 Å². The average Bonchev–Trinajstić information content (AvgIpc) is 2.85. The van der Waals surface area contributed by atoms with Gasteiger partial charge in [-0.05, 0) is 50.8 Å². The van der Waals surface area contributed by atoms with E-state index in [2.05, 4.69) is 12.1 Å². The van der Waals surface area contributed by atoms with E-state index in [1.54, 1.807) is 0 Å². The Morgan fingerprint density at radius 2 is 2.05 bits per heavy atom. The molecule has 1 aliphatic rings. The number of nitrogens with two attached hydrogens (primary N) is 2. The minimum Gasteiger partial charge on any atom is -0.491 e. The van der Waals surface area contributed by atoms with Crippen LogP contribution in [0.15, 0.2) is 24.3 Å². The molecule has 0 amide bonds. The fourth-order valence-corrected chi connectivity index (χ4v) is 2.47. The van der Waals surface area contributed by atoms with E-state index in [0.717, 1.165) is 25.0 Å². The van der Waals surface area contributed by atoms with Gasteiger partial charge in [0.2, 0.25) is 0 Å². The SMILES string of the molecule is CC1(C)OC[C@@H](COc2ccc(CCCC(N)CN)cc2)O1. The maximum absolute atomic E-state index is 5.81. The molecule has 0 spiro atoms. The number of ether oxygens (including phenoxy) is 3. The predicted molar refractivity (Wildman–Crippen MR) is 86.8 cm³/mol. The van der Waals surface area contributed by atoms with E-state index in [1.807, 2.05) is 26.0 Å². The second-order valence-electron chi connectivity index (χ2n) is 6.29. The summed E-state index contributed by atoms with van der Waals surface area (Å²) in [5.74, 6) is 0.359. The first kappa shape index (κ1) is 17.2. The zero-order valence-electron chi connectivity index (χ0n) is 13.6. The maximum atomic E-state index is 5.81. The van der Waals surface area contributed by atoms with Crippen LogP contribution in [0.4, 0.5) is 0 Å². The van der Waals surface area contributed by atoms with Crippen LogP contribution in [-0.2, 0) is 15.9 Å². The van der Waals surface area contributed by atoms with Crippen LogP contribution >= 0.6 is 0 Å². The highest BCUT2D eigenvalue weighted by Crippen LogP contribution is 2.23. The topological polar surface area (TPSA) is 79.7 Å². The third-order valence-electron chi connectivity index (χ3n) is 3.77. The molecular weight excluding hydrogens is 280 g/mol. The van der Waals surface area contributed by atoms with E-state index < -0.39 is 5.79 Å². The Morgan fingerprint density at radius 1 is 1.32 bits per heavy atom. The molecule has 1 aliphatic heterocycles. The van der Waals surface area contributed by atoms with Crippen LogP contribution < -0.4 is 16.2 Å².